The molecule has 1 aromatic heterocycles. The lowest BCUT2D eigenvalue weighted by Crippen LogP contribution is -2.23. The lowest BCUT2D eigenvalue weighted by atomic mass is 9.97. The molecule has 1 heterocycles. The summed E-state index contributed by atoms with van der Waals surface area (Å²) in [5, 5.41) is 11.7. The third kappa shape index (κ3) is 4.44. The average molecular weight is 395 g/mol. The molecule has 0 aliphatic rings. The van der Waals surface area contributed by atoms with Crippen molar-refractivity contribution in [3.63, 3.8) is 0 Å². The number of carbonyl (C=O) groups is 1. The van der Waals surface area contributed by atoms with Crippen molar-refractivity contribution in [3.8, 4) is 5.69 Å². The van der Waals surface area contributed by atoms with Crippen LogP contribution in [0.2, 0.25) is 0 Å². The number of nitrogens with zero attached hydrogens (tertiary/aromatic N) is 3. The van der Waals surface area contributed by atoms with Crippen molar-refractivity contribution in [2.45, 2.75) is 50.4 Å². The molecule has 0 spiro atoms. The number of amides is 1. The Hall–Kier alpha value is -2.60. The van der Waals surface area contributed by atoms with Gasteiger partial charge in [-0.15, -0.1) is 10.2 Å². The minimum atomic E-state index is -0.308. The molecule has 1 N–H and O–H groups in total. The van der Waals surface area contributed by atoms with Gasteiger partial charge in [0.05, 0.1) is 10.9 Å². The summed E-state index contributed by atoms with van der Waals surface area (Å²) >= 11 is 1.41. The first-order valence-electron chi connectivity index (χ1n) is 9.53. The van der Waals surface area contributed by atoms with Crippen molar-refractivity contribution < 1.29 is 4.79 Å². The van der Waals surface area contributed by atoms with E-state index in [1.807, 2.05) is 60.9 Å². The smallest absolute Gasteiger partial charge is 0.237 e. The van der Waals surface area contributed by atoms with Gasteiger partial charge in [-0.05, 0) is 49.4 Å². The Balaban J connectivity index is 1.75. The first-order chi connectivity index (χ1) is 13.5. The van der Waals surface area contributed by atoms with E-state index in [0.29, 0.717) is 11.1 Å². The molecule has 2 aromatic carbocycles. The predicted octanol–water partition coefficient (Wildman–Crippen LogP) is 5.21. The Morgan fingerprint density at radius 3 is 2.61 bits per heavy atom. The number of aryl methyl sites for hydroxylation is 1. The van der Waals surface area contributed by atoms with Crippen LogP contribution in [0, 0.1) is 6.92 Å². The monoisotopic (exact) mass is 394 g/mol. The second-order valence-corrected chi connectivity index (χ2v) is 8.22. The van der Waals surface area contributed by atoms with Crippen LogP contribution >= 0.6 is 11.8 Å². The number of hydrogen-bond acceptors (Lipinski definition) is 4. The molecule has 1 amide bonds. The molecule has 28 heavy (non-hydrogen) atoms. The first-order valence-corrected chi connectivity index (χ1v) is 10.4. The predicted molar refractivity (Wildman–Crippen MR) is 115 cm³/mol. The highest BCUT2D eigenvalue weighted by molar-refractivity contribution is 8.00. The molecule has 2 atom stereocenters. The van der Waals surface area contributed by atoms with E-state index in [9.17, 15) is 4.79 Å². The van der Waals surface area contributed by atoms with E-state index in [-0.39, 0.29) is 11.2 Å². The standard InChI is InChI=1S/C22H26N4OS/c1-5-15(2)18-11-7-8-12-19(18)24-21(27)17(4)28-22-25-23-14-26(22)20-13-9-6-10-16(20)3/h6-15,17H,5H2,1-4H3,(H,24,27). The van der Waals surface area contributed by atoms with Crippen LogP contribution in [0.5, 0.6) is 0 Å². The number of para-hydroxylation sites is 2. The molecule has 3 rings (SSSR count). The molecule has 5 nitrogen and oxygen atoms in total. The number of nitrogens with one attached hydrogen (secondary N) is 1. The Bertz CT molecular complexity index is 953. The fourth-order valence-electron chi connectivity index (χ4n) is 3.01. The molecule has 0 fully saturated rings. The number of benzene rings is 2. The fraction of sp³-hybridized carbons (Fsp3) is 0.318. The lowest BCUT2D eigenvalue weighted by molar-refractivity contribution is -0.115. The van der Waals surface area contributed by atoms with Crippen LogP contribution < -0.4 is 5.32 Å². The molecule has 6 heteroatoms. The van der Waals surface area contributed by atoms with Crippen LogP contribution in [0.25, 0.3) is 5.69 Å². The maximum atomic E-state index is 12.8. The fourth-order valence-corrected chi connectivity index (χ4v) is 3.85. The zero-order valence-corrected chi connectivity index (χ0v) is 17.5. The zero-order valence-electron chi connectivity index (χ0n) is 16.7. The van der Waals surface area contributed by atoms with E-state index < -0.39 is 0 Å². The highest BCUT2D eigenvalue weighted by atomic mass is 32.2. The summed E-state index contributed by atoms with van der Waals surface area (Å²) in [6.07, 6.45) is 2.71. The van der Waals surface area contributed by atoms with E-state index in [0.717, 1.165) is 23.4 Å². The number of aromatic nitrogens is 3. The second-order valence-electron chi connectivity index (χ2n) is 6.92. The number of carbonyl (C=O) groups excluding carboxylic acids is 1. The Morgan fingerprint density at radius 2 is 1.86 bits per heavy atom. The van der Waals surface area contributed by atoms with E-state index in [2.05, 4.69) is 35.4 Å². The van der Waals surface area contributed by atoms with Crippen LogP contribution in [0.4, 0.5) is 5.69 Å². The number of rotatable bonds is 7. The largest absolute Gasteiger partial charge is 0.325 e. The van der Waals surface area contributed by atoms with Gasteiger partial charge in [-0.2, -0.15) is 0 Å². The molecule has 2 unspecified atom stereocenters. The molecule has 0 saturated heterocycles. The molecule has 3 aromatic rings. The summed E-state index contributed by atoms with van der Waals surface area (Å²) in [7, 11) is 0. The van der Waals surface area contributed by atoms with Gasteiger partial charge in [0.15, 0.2) is 5.16 Å². The van der Waals surface area contributed by atoms with E-state index in [4.69, 9.17) is 0 Å². The highest BCUT2D eigenvalue weighted by Crippen LogP contribution is 2.29. The summed E-state index contributed by atoms with van der Waals surface area (Å²) < 4.78 is 1.93. The van der Waals surface area contributed by atoms with Crippen LogP contribution in [0.1, 0.15) is 44.2 Å². The summed E-state index contributed by atoms with van der Waals surface area (Å²) in [6, 6.07) is 16.1. The highest BCUT2D eigenvalue weighted by Gasteiger charge is 2.20. The molecule has 0 aliphatic heterocycles. The minimum absolute atomic E-state index is 0.0416. The van der Waals surface area contributed by atoms with Gasteiger partial charge in [0.25, 0.3) is 0 Å². The lowest BCUT2D eigenvalue weighted by Gasteiger charge is -2.18. The summed E-state index contributed by atoms with van der Waals surface area (Å²) in [5.74, 6) is 0.351. The van der Waals surface area contributed by atoms with Gasteiger partial charge < -0.3 is 5.32 Å². The van der Waals surface area contributed by atoms with Crippen molar-refractivity contribution in [3.05, 3.63) is 66.0 Å². The van der Waals surface area contributed by atoms with Gasteiger partial charge in [-0.3, -0.25) is 9.36 Å². The Labute approximate surface area is 170 Å². The van der Waals surface area contributed by atoms with Gasteiger partial charge >= 0.3 is 0 Å². The summed E-state index contributed by atoms with van der Waals surface area (Å²) in [5.41, 5.74) is 4.20. The van der Waals surface area contributed by atoms with Crippen LogP contribution in [-0.4, -0.2) is 25.9 Å². The first kappa shape index (κ1) is 20.1. The van der Waals surface area contributed by atoms with Crippen molar-refractivity contribution >= 4 is 23.4 Å². The van der Waals surface area contributed by atoms with Crippen molar-refractivity contribution in [2.75, 3.05) is 5.32 Å². The Morgan fingerprint density at radius 1 is 1.14 bits per heavy atom. The molecule has 146 valence electrons. The third-order valence-electron chi connectivity index (χ3n) is 4.90. The number of thioether (sulfide) groups is 1. The van der Waals surface area contributed by atoms with Crippen LogP contribution in [0.15, 0.2) is 60.0 Å². The average Bonchev–Trinajstić information content (AvgIpc) is 3.16. The van der Waals surface area contributed by atoms with Crippen molar-refractivity contribution in [1.82, 2.24) is 14.8 Å². The van der Waals surface area contributed by atoms with Crippen molar-refractivity contribution in [2.24, 2.45) is 0 Å². The van der Waals surface area contributed by atoms with Gasteiger partial charge in [-0.1, -0.05) is 62.0 Å². The number of hydrogen-bond donors (Lipinski definition) is 1. The van der Waals surface area contributed by atoms with Crippen molar-refractivity contribution in [1.29, 1.82) is 0 Å². The van der Waals surface area contributed by atoms with E-state index in [1.54, 1.807) is 6.33 Å². The molecular formula is C22H26N4OS. The molecule has 0 bridgehead atoms. The SMILES string of the molecule is CCC(C)c1ccccc1NC(=O)C(C)Sc1nncn1-c1ccccc1C. The quantitative estimate of drug-likeness (QED) is 0.559. The Kier molecular flexibility index (Phi) is 6.52. The molecule has 0 radical (unpaired) electrons. The van der Waals surface area contributed by atoms with Crippen LogP contribution in [0.3, 0.4) is 0 Å². The molecule has 0 saturated carbocycles. The minimum Gasteiger partial charge on any atom is -0.325 e. The van der Waals surface area contributed by atoms with Gasteiger partial charge in [-0.25, -0.2) is 0 Å². The van der Waals surface area contributed by atoms with Gasteiger partial charge in [0, 0.05) is 5.69 Å². The zero-order chi connectivity index (χ0) is 20.1. The van der Waals surface area contributed by atoms with E-state index in [1.165, 1.54) is 17.3 Å². The third-order valence-corrected chi connectivity index (χ3v) is 5.96. The molecule has 0 aliphatic carbocycles. The summed E-state index contributed by atoms with van der Waals surface area (Å²) in [6.45, 7) is 8.27. The second kappa shape index (κ2) is 9.06. The van der Waals surface area contributed by atoms with Gasteiger partial charge in [0.1, 0.15) is 6.33 Å². The van der Waals surface area contributed by atoms with Gasteiger partial charge in [0.2, 0.25) is 5.91 Å². The summed E-state index contributed by atoms with van der Waals surface area (Å²) in [4.78, 5) is 12.8. The molecular weight excluding hydrogens is 368 g/mol. The maximum absolute atomic E-state index is 12.8. The van der Waals surface area contributed by atoms with Crippen LogP contribution in [-0.2, 0) is 4.79 Å². The van der Waals surface area contributed by atoms with E-state index >= 15 is 0 Å². The topological polar surface area (TPSA) is 59.8 Å². The maximum Gasteiger partial charge on any atom is 0.237 e. The number of anilines is 1. The normalized spacial score (nSPS) is 13.1.